The molecule has 0 aromatic heterocycles. The van der Waals surface area contributed by atoms with Crippen LogP contribution in [0.2, 0.25) is 0 Å². The van der Waals surface area contributed by atoms with Gasteiger partial charge in [0.1, 0.15) is 24.9 Å². The van der Waals surface area contributed by atoms with Crippen molar-refractivity contribution in [2.24, 2.45) is 5.73 Å². The molecule has 3 aliphatic heterocycles. The molecule has 146 valence electrons. The lowest BCUT2D eigenvalue weighted by Gasteiger charge is -2.40. The fraction of sp³-hybridized carbons (Fsp3) is 1.00. The van der Waals surface area contributed by atoms with Gasteiger partial charge >= 0.3 is 10.3 Å². The summed E-state index contributed by atoms with van der Waals surface area (Å²) in [6.45, 7) is 7.04. The number of hydrogen-bond donors (Lipinski definition) is 2. The molecule has 10 nitrogen and oxygen atoms in total. The number of nitrogens with one attached hydrogen (secondary N) is 1. The maximum Gasteiger partial charge on any atom is 0.336 e. The molecule has 0 unspecified atom stereocenters. The van der Waals surface area contributed by atoms with Gasteiger partial charge in [-0.25, -0.2) is 0 Å². The zero-order chi connectivity index (χ0) is 18.5. The third-order valence-corrected chi connectivity index (χ3v) is 5.10. The molecule has 0 amide bonds. The second-order valence-electron chi connectivity index (χ2n) is 7.20. The molecule has 11 heteroatoms. The highest BCUT2D eigenvalue weighted by Crippen LogP contribution is 2.47. The van der Waals surface area contributed by atoms with Crippen LogP contribution < -0.4 is 10.5 Å². The lowest BCUT2D eigenvalue weighted by Crippen LogP contribution is -2.60. The molecule has 0 aromatic rings. The second kappa shape index (κ2) is 6.36. The largest absolute Gasteiger partial charge is 0.343 e. The normalized spacial score (nSPS) is 39.2. The molecule has 3 rings (SSSR count). The van der Waals surface area contributed by atoms with Crippen LogP contribution in [-0.2, 0) is 38.2 Å². The lowest BCUT2D eigenvalue weighted by molar-refractivity contribution is -0.290. The van der Waals surface area contributed by atoms with Crippen molar-refractivity contribution in [2.45, 2.75) is 63.4 Å². The van der Waals surface area contributed by atoms with Gasteiger partial charge in [0.25, 0.3) is 0 Å². The Morgan fingerprint density at radius 3 is 2.56 bits per heavy atom. The Morgan fingerprint density at radius 2 is 1.88 bits per heavy atom. The van der Waals surface area contributed by atoms with Crippen molar-refractivity contribution in [3.05, 3.63) is 0 Å². The maximum atomic E-state index is 11.9. The van der Waals surface area contributed by atoms with Crippen molar-refractivity contribution in [1.82, 2.24) is 4.72 Å². The van der Waals surface area contributed by atoms with E-state index in [1.54, 1.807) is 27.7 Å². The summed E-state index contributed by atoms with van der Waals surface area (Å²) in [7, 11) is -3.99. The monoisotopic (exact) mass is 382 g/mol. The first kappa shape index (κ1) is 19.4. The highest BCUT2D eigenvalue weighted by atomic mass is 32.2. The van der Waals surface area contributed by atoms with Crippen LogP contribution in [0, 0.1) is 0 Å². The fourth-order valence-corrected chi connectivity index (χ4v) is 4.10. The van der Waals surface area contributed by atoms with E-state index in [4.69, 9.17) is 33.6 Å². The number of rotatable bonds is 6. The highest BCUT2D eigenvalue weighted by Gasteiger charge is 2.65. The topological polar surface area (TPSA) is 128 Å². The van der Waals surface area contributed by atoms with E-state index in [1.807, 2.05) is 0 Å². The van der Waals surface area contributed by atoms with Crippen molar-refractivity contribution in [3.63, 3.8) is 0 Å². The average Bonchev–Trinajstić information content (AvgIpc) is 2.95. The first-order chi connectivity index (χ1) is 11.5. The van der Waals surface area contributed by atoms with Crippen molar-refractivity contribution < 1.29 is 36.3 Å². The summed E-state index contributed by atoms with van der Waals surface area (Å²) < 4.78 is 60.5. The van der Waals surface area contributed by atoms with E-state index >= 15 is 0 Å². The third kappa shape index (κ3) is 3.99. The molecule has 0 bridgehead atoms. The van der Waals surface area contributed by atoms with Crippen LogP contribution in [0.25, 0.3) is 0 Å². The van der Waals surface area contributed by atoms with E-state index in [0.29, 0.717) is 0 Å². The molecule has 3 aliphatic rings. The lowest BCUT2D eigenvalue weighted by atomic mass is 9.98. The van der Waals surface area contributed by atoms with E-state index in [1.165, 1.54) is 0 Å². The second-order valence-corrected chi connectivity index (χ2v) is 8.63. The summed E-state index contributed by atoms with van der Waals surface area (Å²) in [6.07, 6.45) is -1.50. The van der Waals surface area contributed by atoms with Crippen LogP contribution in [0.5, 0.6) is 0 Å². The van der Waals surface area contributed by atoms with E-state index < -0.39 is 39.9 Å². The SMILES string of the molecule is CC1(C)O[C@@H]2[C@@H](CO[C@@]3(COS(=O)(=O)NCCN)OC(C)(C)O[C@@H]23)O1. The van der Waals surface area contributed by atoms with Crippen LogP contribution >= 0.6 is 0 Å². The quantitative estimate of drug-likeness (QED) is 0.606. The van der Waals surface area contributed by atoms with Crippen molar-refractivity contribution >= 4 is 10.3 Å². The molecule has 0 radical (unpaired) electrons. The number of fused-ring (bicyclic) bond motifs is 3. The fourth-order valence-electron chi connectivity index (χ4n) is 3.33. The summed E-state index contributed by atoms with van der Waals surface area (Å²) >= 11 is 0. The van der Waals surface area contributed by atoms with Gasteiger partial charge in [-0.1, -0.05) is 0 Å². The smallest absolute Gasteiger partial charge is 0.336 e. The predicted octanol–water partition coefficient (Wildman–Crippen LogP) is -0.806. The summed E-state index contributed by atoms with van der Waals surface area (Å²) in [4.78, 5) is 0. The van der Waals surface area contributed by atoms with E-state index in [2.05, 4.69) is 4.72 Å². The molecule has 0 aromatic carbocycles. The Balaban J connectivity index is 1.78. The van der Waals surface area contributed by atoms with E-state index in [0.717, 1.165) is 0 Å². The van der Waals surface area contributed by atoms with Gasteiger partial charge in [0.05, 0.1) is 6.61 Å². The minimum atomic E-state index is -3.99. The van der Waals surface area contributed by atoms with Gasteiger partial charge in [-0.15, -0.1) is 0 Å². The molecule has 3 N–H and O–H groups in total. The molecule has 3 fully saturated rings. The van der Waals surface area contributed by atoms with Crippen LogP contribution in [0.4, 0.5) is 0 Å². The van der Waals surface area contributed by atoms with Crippen LogP contribution in [0.3, 0.4) is 0 Å². The summed E-state index contributed by atoms with van der Waals surface area (Å²) in [5, 5.41) is 0. The number of ether oxygens (including phenoxy) is 5. The standard InChI is InChI=1S/C14H26N2O8S/c1-12(2)21-9-7-19-14(8-20-25(17,18)16-6-5-15)11(10(9)22-12)23-13(3,4)24-14/h9-11,16H,5-8,15H2,1-4H3/t9-,10-,11+,14+/m1/s1. The van der Waals surface area contributed by atoms with Crippen molar-refractivity contribution in [3.8, 4) is 0 Å². The molecule has 0 spiro atoms. The molecule has 3 saturated heterocycles. The predicted molar refractivity (Wildman–Crippen MR) is 84.5 cm³/mol. The first-order valence-corrected chi connectivity index (χ1v) is 9.60. The van der Waals surface area contributed by atoms with Crippen LogP contribution in [0.1, 0.15) is 27.7 Å². The van der Waals surface area contributed by atoms with Crippen molar-refractivity contribution in [2.75, 3.05) is 26.3 Å². The molecule has 0 saturated carbocycles. The van der Waals surface area contributed by atoms with Crippen LogP contribution in [-0.4, -0.2) is 70.4 Å². The Hall–Kier alpha value is -0.370. The zero-order valence-corrected chi connectivity index (χ0v) is 15.6. The third-order valence-electron chi connectivity index (χ3n) is 4.11. The summed E-state index contributed by atoms with van der Waals surface area (Å²) in [6, 6.07) is 0. The molecule has 0 aliphatic carbocycles. The molecular weight excluding hydrogens is 356 g/mol. The highest BCUT2D eigenvalue weighted by molar-refractivity contribution is 7.84. The van der Waals surface area contributed by atoms with Crippen LogP contribution in [0.15, 0.2) is 0 Å². The number of hydrogen-bond acceptors (Lipinski definition) is 9. The van der Waals surface area contributed by atoms with E-state index in [9.17, 15) is 8.42 Å². The van der Waals surface area contributed by atoms with Gasteiger partial charge < -0.3 is 29.4 Å². The summed E-state index contributed by atoms with van der Waals surface area (Å²) in [5.74, 6) is -3.19. The average molecular weight is 382 g/mol. The van der Waals surface area contributed by atoms with Gasteiger partial charge in [-0.2, -0.15) is 13.1 Å². The van der Waals surface area contributed by atoms with Gasteiger partial charge in [0, 0.05) is 13.1 Å². The van der Waals surface area contributed by atoms with E-state index in [-0.39, 0.29) is 32.4 Å². The minimum Gasteiger partial charge on any atom is -0.343 e. The molecule has 4 atom stereocenters. The van der Waals surface area contributed by atoms with Gasteiger partial charge in [-0.05, 0) is 27.7 Å². The van der Waals surface area contributed by atoms with Gasteiger partial charge in [0.2, 0.25) is 5.79 Å². The zero-order valence-electron chi connectivity index (χ0n) is 14.8. The Kier molecular flexibility index (Phi) is 4.93. The Labute approximate surface area is 147 Å². The molecular formula is C14H26N2O8S. The molecule has 25 heavy (non-hydrogen) atoms. The van der Waals surface area contributed by atoms with Gasteiger partial charge in [0.15, 0.2) is 11.6 Å². The van der Waals surface area contributed by atoms with Crippen molar-refractivity contribution in [1.29, 1.82) is 0 Å². The number of nitrogens with two attached hydrogens (primary N) is 1. The Morgan fingerprint density at radius 1 is 1.16 bits per heavy atom. The summed E-state index contributed by atoms with van der Waals surface area (Å²) in [5.41, 5.74) is 5.30. The Bertz CT molecular complexity index is 610. The van der Waals surface area contributed by atoms with Gasteiger partial charge in [-0.3, -0.25) is 4.18 Å². The minimum absolute atomic E-state index is 0.0678. The molecule has 3 heterocycles. The first-order valence-electron chi connectivity index (χ1n) is 8.19. The maximum absolute atomic E-state index is 11.9.